The number of hydrogen-bond acceptors (Lipinski definition) is 4. The van der Waals surface area contributed by atoms with E-state index in [1.807, 2.05) is 48.5 Å². The highest BCUT2D eigenvalue weighted by Crippen LogP contribution is 2.33. The number of halogens is 1. The lowest BCUT2D eigenvalue weighted by Gasteiger charge is -2.28. The van der Waals surface area contributed by atoms with E-state index in [0.29, 0.717) is 11.1 Å². The quantitative estimate of drug-likeness (QED) is 0.492. The minimum atomic E-state index is -1.27. The van der Waals surface area contributed by atoms with Crippen molar-refractivity contribution in [1.29, 1.82) is 0 Å². The van der Waals surface area contributed by atoms with Gasteiger partial charge in [-0.05, 0) is 17.2 Å². The molecule has 0 aliphatic carbocycles. The Labute approximate surface area is 191 Å². The second-order valence-electron chi connectivity index (χ2n) is 8.04. The summed E-state index contributed by atoms with van der Waals surface area (Å²) < 4.78 is 19.1. The summed E-state index contributed by atoms with van der Waals surface area (Å²) in [4.78, 5) is 27.4. The Bertz CT molecular complexity index is 1110. The van der Waals surface area contributed by atoms with E-state index in [-0.39, 0.29) is 26.2 Å². The molecule has 7 heteroatoms. The summed E-state index contributed by atoms with van der Waals surface area (Å²) in [5.74, 6) is -0.828. The topological polar surface area (TPSA) is 78.9 Å². The van der Waals surface area contributed by atoms with E-state index in [2.05, 4.69) is 5.32 Å². The highest BCUT2D eigenvalue weighted by atomic mass is 19.1. The highest BCUT2D eigenvalue weighted by Gasteiger charge is 2.52. The van der Waals surface area contributed by atoms with Crippen molar-refractivity contribution in [3.8, 4) is 0 Å². The average molecular weight is 448 g/mol. The molecule has 0 spiro atoms. The van der Waals surface area contributed by atoms with Crippen LogP contribution in [0.15, 0.2) is 84.9 Å². The van der Waals surface area contributed by atoms with Crippen molar-refractivity contribution in [2.45, 2.75) is 24.7 Å². The minimum Gasteiger partial charge on any atom is -0.389 e. The molecule has 33 heavy (non-hydrogen) atoms. The molecule has 4 rings (SSSR count). The van der Waals surface area contributed by atoms with Gasteiger partial charge in [-0.2, -0.15) is 0 Å². The lowest BCUT2D eigenvalue weighted by atomic mass is 9.83. The van der Waals surface area contributed by atoms with Crippen LogP contribution in [0.2, 0.25) is 0 Å². The SMILES string of the molecule is O=C1N[C@](Cc2ccccc2)(c2ccccc2)C(=O)N1C[C@H](O)COCc1ccccc1F. The predicted octanol–water partition coefficient (Wildman–Crippen LogP) is 3.39. The van der Waals surface area contributed by atoms with Crippen molar-refractivity contribution >= 4 is 11.9 Å². The molecule has 0 unspecified atom stereocenters. The first-order valence-corrected chi connectivity index (χ1v) is 10.7. The van der Waals surface area contributed by atoms with Gasteiger partial charge in [0.25, 0.3) is 5.91 Å². The average Bonchev–Trinajstić information content (AvgIpc) is 3.06. The third-order valence-corrected chi connectivity index (χ3v) is 5.67. The van der Waals surface area contributed by atoms with Crippen molar-refractivity contribution in [1.82, 2.24) is 10.2 Å². The van der Waals surface area contributed by atoms with Gasteiger partial charge in [-0.3, -0.25) is 9.69 Å². The van der Waals surface area contributed by atoms with Crippen molar-refractivity contribution in [3.05, 3.63) is 107 Å². The molecule has 170 valence electrons. The van der Waals surface area contributed by atoms with Crippen LogP contribution in [0.3, 0.4) is 0 Å². The summed E-state index contributed by atoms with van der Waals surface area (Å²) in [6, 6.07) is 24.2. The number of aliphatic hydroxyl groups excluding tert-OH is 1. The Kier molecular flexibility index (Phi) is 6.82. The van der Waals surface area contributed by atoms with Crippen LogP contribution >= 0.6 is 0 Å². The predicted molar refractivity (Wildman–Crippen MR) is 121 cm³/mol. The molecule has 3 amide bonds. The monoisotopic (exact) mass is 448 g/mol. The summed E-state index contributed by atoms with van der Waals surface area (Å²) in [6.45, 7) is -0.403. The number of nitrogens with one attached hydrogen (secondary N) is 1. The standard InChI is InChI=1S/C26H25FN2O4/c27-23-14-8-7-11-20(23)17-33-18-22(30)16-29-24(31)26(28-25(29)32,21-12-5-2-6-13-21)15-19-9-3-1-4-10-19/h1-14,22,30H,15-18H2,(H,28,32)/t22-,26+/m0/s1. The second kappa shape index (κ2) is 9.94. The van der Waals surface area contributed by atoms with E-state index in [1.165, 1.54) is 6.07 Å². The smallest absolute Gasteiger partial charge is 0.325 e. The third-order valence-electron chi connectivity index (χ3n) is 5.67. The highest BCUT2D eigenvalue weighted by molar-refractivity contribution is 6.07. The molecule has 2 N–H and O–H groups in total. The molecule has 0 aromatic heterocycles. The summed E-state index contributed by atoms with van der Waals surface area (Å²) in [5.41, 5.74) is 0.657. The molecule has 6 nitrogen and oxygen atoms in total. The Balaban J connectivity index is 1.47. The largest absolute Gasteiger partial charge is 0.389 e. The van der Waals surface area contributed by atoms with E-state index in [4.69, 9.17) is 4.74 Å². The van der Waals surface area contributed by atoms with Gasteiger partial charge < -0.3 is 15.2 Å². The van der Waals surface area contributed by atoms with E-state index < -0.39 is 29.4 Å². The van der Waals surface area contributed by atoms with Crippen LogP contribution in [-0.2, 0) is 28.1 Å². The molecule has 3 aromatic carbocycles. The normalized spacial score (nSPS) is 18.9. The number of β-amino-alcohol motifs (C(OH)–C–C–N with tert-alkyl or cyclic N) is 1. The second-order valence-corrected chi connectivity index (χ2v) is 8.04. The third kappa shape index (κ3) is 4.94. The van der Waals surface area contributed by atoms with Gasteiger partial charge in [0.05, 0.1) is 25.9 Å². The van der Waals surface area contributed by atoms with Gasteiger partial charge in [0, 0.05) is 12.0 Å². The summed E-state index contributed by atoms with van der Waals surface area (Å²) in [5, 5.41) is 13.3. The van der Waals surface area contributed by atoms with Crippen molar-refractivity contribution in [2.24, 2.45) is 0 Å². The summed E-state index contributed by atoms with van der Waals surface area (Å²) >= 11 is 0. The van der Waals surface area contributed by atoms with Crippen LogP contribution in [0.1, 0.15) is 16.7 Å². The number of aliphatic hydroxyl groups is 1. The molecule has 1 heterocycles. The Hall–Kier alpha value is -3.55. The fourth-order valence-electron chi connectivity index (χ4n) is 4.02. The summed E-state index contributed by atoms with van der Waals surface area (Å²) in [6.07, 6.45) is -0.839. The number of hydrogen-bond donors (Lipinski definition) is 2. The van der Waals surface area contributed by atoms with Gasteiger partial charge in [0.1, 0.15) is 5.82 Å². The molecule has 1 saturated heterocycles. The zero-order valence-electron chi connectivity index (χ0n) is 18.0. The van der Waals surface area contributed by atoms with Crippen LogP contribution in [-0.4, -0.2) is 41.2 Å². The van der Waals surface area contributed by atoms with Gasteiger partial charge in [0.2, 0.25) is 0 Å². The number of carbonyl (C=O) groups excluding carboxylic acids is 2. The lowest BCUT2D eigenvalue weighted by Crippen LogP contribution is -2.46. The fourth-order valence-corrected chi connectivity index (χ4v) is 4.02. The minimum absolute atomic E-state index is 0.0220. The Morgan fingerprint density at radius 3 is 2.27 bits per heavy atom. The van der Waals surface area contributed by atoms with Crippen LogP contribution in [0.25, 0.3) is 0 Å². The molecule has 0 saturated carbocycles. The first-order chi connectivity index (χ1) is 16.0. The van der Waals surface area contributed by atoms with E-state index >= 15 is 0 Å². The maximum Gasteiger partial charge on any atom is 0.325 e. The molecule has 0 radical (unpaired) electrons. The van der Waals surface area contributed by atoms with E-state index in [9.17, 15) is 19.1 Å². The molecule has 1 aliphatic rings. The van der Waals surface area contributed by atoms with Crippen molar-refractivity contribution in [3.63, 3.8) is 0 Å². The first kappa shape index (κ1) is 22.6. The molecular formula is C26H25FN2O4. The van der Waals surface area contributed by atoms with Gasteiger partial charge in [-0.1, -0.05) is 78.9 Å². The number of imide groups is 1. The van der Waals surface area contributed by atoms with Crippen molar-refractivity contribution < 1.29 is 23.8 Å². The van der Waals surface area contributed by atoms with Crippen LogP contribution in [0.4, 0.5) is 9.18 Å². The van der Waals surface area contributed by atoms with E-state index in [1.54, 1.807) is 30.3 Å². The number of rotatable bonds is 9. The first-order valence-electron chi connectivity index (χ1n) is 10.7. The number of nitrogens with zero attached hydrogens (tertiary/aromatic N) is 1. The van der Waals surface area contributed by atoms with Gasteiger partial charge in [-0.15, -0.1) is 0 Å². The van der Waals surface area contributed by atoms with Crippen LogP contribution < -0.4 is 5.32 Å². The maximum absolute atomic E-state index is 13.7. The summed E-state index contributed by atoms with van der Waals surface area (Å²) in [7, 11) is 0. The molecule has 2 atom stereocenters. The molecular weight excluding hydrogens is 423 g/mol. The van der Waals surface area contributed by atoms with Crippen LogP contribution in [0, 0.1) is 5.82 Å². The number of benzene rings is 3. The molecule has 0 bridgehead atoms. The fraction of sp³-hybridized carbons (Fsp3) is 0.231. The van der Waals surface area contributed by atoms with Crippen molar-refractivity contribution in [2.75, 3.05) is 13.2 Å². The van der Waals surface area contributed by atoms with Gasteiger partial charge in [0.15, 0.2) is 5.54 Å². The van der Waals surface area contributed by atoms with Gasteiger partial charge >= 0.3 is 6.03 Å². The number of urea groups is 1. The molecule has 3 aromatic rings. The molecule has 1 fully saturated rings. The zero-order chi connectivity index (χ0) is 23.3. The molecule has 1 aliphatic heterocycles. The van der Waals surface area contributed by atoms with E-state index in [0.717, 1.165) is 10.5 Å². The van der Waals surface area contributed by atoms with Crippen LogP contribution in [0.5, 0.6) is 0 Å². The zero-order valence-corrected chi connectivity index (χ0v) is 18.0. The lowest BCUT2D eigenvalue weighted by molar-refractivity contribution is -0.133. The number of amides is 3. The number of carbonyl (C=O) groups is 2. The van der Waals surface area contributed by atoms with Gasteiger partial charge in [-0.25, -0.2) is 9.18 Å². The maximum atomic E-state index is 13.7. The number of ether oxygens (including phenoxy) is 1. The Morgan fingerprint density at radius 2 is 1.58 bits per heavy atom. The Morgan fingerprint density at radius 1 is 0.939 bits per heavy atom.